The van der Waals surface area contributed by atoms with Crippen LogP contribution in [0.5, 0.6) is 0 Å². The number of rotatable bonds is 5. The molecular formula is C6H11NO2S. The molecule has 0 rings (SSSR count). The van der Waals surface area contributed by atoms with Crippen LogP contribution in [0.25, 0.3) is 0 Å². The average Bonchev–Trinajstić information content (AvgIpc) is 1.89. The lowest BCUT2D eigenvalue weighted by atomic mass is 10.5. The van der Waals surface area contributed by atoms with Gasteiger partial charge in [0.05, 0.1) is 6.07 Å². The van der Waals surface area contributed by atoms with Crippen molar-refractivity contribution in [2.24, 2.45) is 0 Å². The Bertz CT molecular complexity index is 141. The van der Waals surface area contributed by atoms with E-state index in [1.807, 2.05) is 6.07 Å². The van der Waals surface area contributed by atoms with Crippen molar-refractivity contribution in [2.45, 2.75) is 6.42 Å². The van der Waals surface area contributed by atoms with Gasteiger partial charge in [-0.3, -0.25) is 4.21 Å². The van der Waals surface area contributed by atoms with Crippen LogP contribution < -0.4 is 0 Å². The molecule has 0 saturated carbocycles. The third kappa shape index (κ3) is 5.73. The summed E-state index contributed by atoms with van der Waals surface area (Å²) >= 11 is 0. The van der Waals surface area contributed by atoms with Gasteiger partial charge in [0.1, 0.15) is 5.75 Å². The van der Waals surface area contributed by atoms with Crippen molar-refractivity contribution < 1.29 is 8.95 Å². The average molecular weight is 161 g/mol. The third-order valence-corrected chi connectivity index (χ3v) is 2.14. The van der Waals surface area contributed by atoms with Crippen molar-refractivity contribution in [1.82, 2.24) is 0 Å². The summed E-state index contributed by atoms with van der Waals surface area (Å²) in [5.74, 6) is 0.713. The molecule has 10 heavy (non-hydrogen) atoms. The van der Waals surface area contributed by atoms with Gasteiger partial charge in [-0.1, -0.05) is 0 Å². The zero-order valence-electron chi connectivity index (χ0n) is 6.00. The van der Waals surface area contributed by atoms with E-state index in [0.29, 0.717) is 12.4 Å². The molecule has 0 aromatic rings. The van der Waals surface area contributed by atoms with Crippen LogP contribution in [0.4, 0.5) is 0 Å². The molecule has 0 radical (unpaired) electrons. The highest BCUT2D eigenvalue weighted by Gasteiger charge is 1.96. The molecule has 0 heterocycles. The maximum absolute atomic E-state index is 10.8. The Labute approximate surface area is 63.4 Å². The molecule has 1 atom stereocenters. The van der Waals surface area contributed by atoms with Gasteiger partial charge >= 0.3 is 0 Å². The number of ether oxygens (including phenoxy) is 1. The van der Waals surface area contributed by atoms with E-state index in [1.165, 1.54) is 0 Å². The van der Waals surface area contributed by atoms with Crippen molar-refractivity contribution in [3.8, 4) is 6.07 Å². The van der Waals surface area contributed by atoms with Gasteiger partial charge in [0.15, 0.2) is 0 Å². The molecular weight excluding hydrogens is 150 g/mol. The minimum atomic E-state index is -0.963. The zero-order chi connectivity index (χ0) is 7.82. The molecule has 0 saturated heterocycles. The number of nitriles is 1. The van der Waals surface area contributed by atoms with Crippen LogP contribution in [-0.4, -0.2) is 29.4 Å². The van der Waals surface area contributed by atoms with Crippen molar-refractivity contribution >= 4 is 10.8 Å². The molecule has 0 aliphatic carbocycles. The molecule has 0 amide bonds. The quantitative estimate of drug-likeness (QED) is 0.545. The van der Waals surface area contributed by atoms with Crippen molar-refractivity contribution in [1.29, 1.82) is 5.26 Å². The van der Waals surface area contributed by atoms with Crippen LogP contribution in [-0.2, 0) is 15.5 Å². The Morgan fingerprint density at radius 1 is 1.70 bits per heavy atom. The molecule has 0 aromatic heterocycles. The molecule has 1 unspecified atom stereocenters. The van der Waals surface area contributed by atoms with Crippen LogP contribution in [0.15, 0.2) is 0 Å². The van der Waals surface area contributed by atoms with Gasteiger partial charge in [0.2, 0.25) is 0 Å². The van der Waals surface area contributed by atoms with E-state index in [0.717, 1.165) is 6.42 Å². The molecule has 0 N–H and O–H groups in total. The van der Waals surface area contributed by atoms with Crippen LogP contribution in [0, 0.1) is 11.3 Å². The van der Waals surface area contributed by atoms with Gasteiger partial charge in [-0.15, -0.1) is 0 Å². The maximum Gasteiger partial charge on any atom is 0.111 e. The molecule has 3 nitrogen and oxygen atoms in total. The predicted molar refractivity (Wildman–Crippen MR) is 40.0 cm³/mol. The molecule has 58 valence electrons. The van der Waals surface area contributed by atoms with Crippen LogP contribution in [0.3, 0.4) is 0 Å². The summed E-state index contributed by atoms with van der Waals surface area (Å²) in [4.78, 5) is 0. The van der Waals surface area contributed by atoms with Crippen molar-refractivity contribution in [2.75, 3.05) is 25.2 Å². The minimum Gasteiger partial charge on any atom is -0.385 e. The van der Waals surface area contributed by atoms with E-state index in [1.54, 1.807) is 7.11 Å². The first-order valence-corrected chi connectivity index (χ1v) is 4.51. The van der Waals surface area contributed by atoms with Gasteiger partial charge in [0.25, 0.3) is 0 Å². The predicted octanol–water partition coefficient (Wildman–Crippen LogP) is 0.295. The number of nitrogens with zero attached hydrogens (tertiary/aromatic N) is 1. The van der Waals surface area contributed by atoms with Crippen molar-refractivity contribution in [3.05, 3.63) is 0 Å². The summed E-state index contributed by atoms with van der Waals surface area (Å²) in [6, 6.07) is 1.85. The van der Waals surface area contributed by atoms with Gasteiger partial charge in [0, 0.05) is 30.3 Å². The SMILES string of the molecule is COCCCS(=O)CC#N. The first-order chi connectivity index (χ1) is 4.81. The molecule has 0 fully saturated rings. The Hall–Kier alpha value is -0.400. The number of hydrogen-bond donors (Lipinski definition) is 0. The second-order valence-corrected chi connectivity index (χ2v) is 3.37. The van der Waals surface area contributed by atoms with E-state index in [4.69, 9.17) is 10.00 Å². The van der Waals surface area contributed by atoms with Crippen LogP contribution in [0.2, 0.25) is 0 Å². The number of hydrogen-bond acceptors (Lipinski definition) is 3. The topological polar surface area (TPSA) is 50.1 Å². The first kappa shape index (κ1) is 9.60. The second kappa shape index (κ2) is 6.72. The van der Waals surface area contributed by atoms with Crippen LogP contribution in [0.1, 0.15) is 6.42 Å². The Balaban J connectivity index is 3.15. The summed E-state index contributed by atoms with van der Waals surface area (Å²) < 4.78 is 15.5. The van der Waals surface area contributed by atoms with Crippen LogP contribution >= 0.6 is 0 Å². The normalized spacial score (nSPS) is 12.4. The highest BCUT2D eigenvalue weighted by atomic mass is 32.2. The summed E-state index contributed by atoms with van der Waals surface area (Å²) in [5.41, 5.74) is 0. The Morgan fingerprint density at radius 3 is 2.90 bits per heavy atom. The lowest BCUT2D eigenvalue weighted by Crippen LogP contribution is -2.03. The summed E-state index contributed by atoms with van der Waals surface area (Å²) in [5, 5.41) is 8.12. The van der Waals surface area contributed by atoms with E-state index in [2.05, 4.69) is 0 Å². The fourth-order valence-corrected chi connectivity index (χ4v) is 1.24. The lowest BCUT2D eigenvalue weighted by Gasteiger charge is -1.95. The molecule has 0 bridgehead atoms. The molecule has 0 aromatic carbocycles. The fraction of sp³-hybridized carbons (Fsp3) is 0.833. The minimum absolute atomic E-state index is 0.143. The third-order valence-electron chi connectivity index (χ3n) is 0.946. The summed E-state index contributed by atoms with van der Waals surface area (Å²) in [7, 11) is 0.642. The van der Waals surface area contributed by atoms with Gasteiger partial charge in [-0.05, 0) is 6.42 Å². The Kier molecular flexibility index (Phi) is 6.45. The lowest BCUT2D eigenvalue weighted by molar-refractivity contribution is 0.200. The number of methoxy groups -OCH3 is 1. The second-order valence-electron chi connectivity index (χ2n) is 1.79. The first-order valence-electron chi connectivity index (χ1n) is 3.02. The van der Waals surface area contributed by atoms with Gasteiger partial charge < -0.3 is 4.74 Å². The molecule has 0 aliphatic heterocycles. The fourth-order valence-electron chi connectivity index (χ4n) is 0.508. The summed E-state index contributed by atoms with van der Waals surface area (Å²) in [6.45, 7) is 0.622. The highest BCUT2D eigenvalue weighted by molar-refractivity contribution is 7.85. The highest BCUT2D eigenvalue weighted by Crippen LogP contribution is 1.86. The largest absolute Gasteiger partial charge is 0.385 e. The smallest absolute Gasteiger partial charge is 0.111 e. The van der Waals surface area contributed by atoms with E-state index in [9.17, 15) is 4.21 Å². The maximum atomic E-state index is 10.8. The van der Waals surface area contributed by atoms with Gasteiger partial charge in [-0.25, -0.2) is 0 Å². The van der Waals surface area contributed by atoms with Crippen molar-refractivity contribution in [3.63, 3.8) is 0 Å². The Morgan fingerprint density at radius 2 is 2.40 bits per heavy atom. The molecule has 0 spiro atoms. The van der Waals surface area contributed by atoms with Gasteiger partial charge in [-0.2, -0.15) is 5.26 Å². The van der Waals surface area contributed by atoms with E-state index < -0.39 is 10.8 Å². The summed E-state index contributed by atoms with van der Waals surface area (Å²) in [6.07, 6.45) is 0.769. The van der Waals surface area contributed by atoms with E-state index >= 15 is 0 Å². The standard InChI is InChI=1S/C6H11NO2S/c1-9-4-2-5-10(8)6-3-7/h2,4-6H2,1H3. The van der Waals surface area contributed by atoms with E-state index in [-0.39, 0.29) is 5.75 Å². The molecule has 4 heteroatoms. The zero-order valence-corrected chi connectivity index (χ0v) is 6.82. The molecule has 0 aliphatic rings. The monoisotopic (exact) mass is 161 g/mol.